The highest BCUT2D eigenvalue weighted by Crippen LogP contribution is 2.47. The second kappa shape index (κ2) is 9.01. The summed E-state index contributed by atoms with van der Waals surface area (Å²) in [5, 5.41) is 3.88. The van der Waals surface area contributed by atoms with Crippen molar-refractivity contribution >= 4 is 17.7 Å². The summed E-state index contributed by atoms with van der Waals surface area (Å²) >= 11 is 6.66. The summed E-state index contributed by atoms with van der Waals surface area (Å²) in [6.45, 7) is 13.6. The number of rotatable bonds is 4. The smallest absolute Gasteiger partial charge is 0.407 e. The Morgan fingerprint density at radius 3 is 2.49 bits per heavy atom. The first-order valence-electron chi connectivity index (χ1n) is 12.8. The van der Waals surface area contributed by atoms with E-state index in [-0.39, 0.29) is 29.3 Å². The third-order valence-corrected chi connectivity index (χ3v) is 7.99. The molecule has 1 amide bonds. The normalized spacial score (nSPS) is 26.8. The van der Waals surface area contributed by atoms with Gasteiger partial charge in [-0.15, -0.1) is 0 Å². The van der Waals surface area contributed by atoms with Gasteiger partial charge in [0.15, 0.2) is 0 Å². The van der Waals surface area contributed by atoms with E-state index in [1.807, 2.05) is 39.0 Å². The molecule has 0 spiro atoms. The molecule has 6 heteroatoms. The van der Waals surface area contributed by atoms with Crippen LogP contribution < -0.4 is 10.1 Å². The number of piperidine rings is 3. The number of hydrogen-bond donors (Lipinski definition) is 1. The van der Waals surface area contributed by atoms with E-state index in [1.54, 1.807) is 0 Å². The standard InChI is InChI=1S/C29H37ClN2O3/c1-28(2,3)35-21-7-9-22(24(30)15-21)19-6-8-23-20(14-19)16-29(4,5)26(23)31-27(33)34-25-17-32-12-10-18(25)11-13-32/h6-9,14-15,18,25-26H,10-13,16-17H2,1-5H3,(H,31,33)/t25-,26+/m1/s1. The minimum Gasteiger partial charge on any atom is -0.488 e. The predicted octanol–water partition coefficient (Wildman–Crippen LogP) is 6.63. The molecule has 4 aliphatic rings. The molecule has 2 atom stereocenters. The SMILES string of the molecule is CC(C)(C)Oc1ccc(-c2ccc3c(c2)CC(C)(C)[C@H]3NC(=O)O[C@@H]2CN3CCC2CC3)c(Cl)c1. The fraction of sp³-hybridized carbons (Fsp3) is 0.552. The van der Waals surface area contributed by atoms with Crippen LogP contribution in [0.25, 0.3) is 11.1 Å². The van der Waals surface area contributed by atoms with Crippen LogP contribution >= 0.6 is 11.6 Å². The Hall–Kier alpha value is -2.24. The number of nitrogens with zero attached hydrogens (tertiary/aromatic N) is 1. The number of ether oxygens (including phenoxy) is 2. The van der Waals surface area contributed by atoms with Gasteiger partial charge in [0.1, 0.15) is 17.5 Å². The van der Waals surface area contributed by atoms with E-state index in [1.165, 1.54) is 5.56 Å². The molecule has 3 aliphatic heterocycles. The van der Waals surface area contributed by atoms with Crippen LogP contribution in [0.15, 0.2) is 36.4 Å². The van der Waals surface area contributed by atoms with Gasteiger partial charge in [-0.1, -0.05) is 43.6 Å². The lowest BCUT2D eigenvalue weighted by atomic mass is 9.85. The van der Waals surface area contributed by atoms with Crippen LogP contribution in [0.2, 0.25) is 5.02 Å². The Labute approximate surface area is 214 Å². The lowest BCUT2D eigenvalue weighted by molar-refractivity contribution is -0.0348. The van der Waals surface area contributed by atoms with Crippen molar-refractivity contribution in [1.29, 1.82) is 0 Å². The number of benzene rings is 2. The van der Waals surface area contributed by atoms with Gasteiger partial charge in [-0.05, 0) is 99.3 Å². The molecule has 0 aromatic heterocycles. The molecule has 188 valence electrons. The van der Waals surface area contributed by atoms with E-state index < -0.39 is 0 Å². The maximum atomic E-state index is 12.9. The van der Waals surface area contributed by atoms with Crippen molar-refractivity contribution < 1.29 is 14.3 Å². The van der Waals surface area contributed by atoms with Gasteiger partial charge in [-0.25, -0.2) is 4.79 Å². The van der Waals surface area contributed by atoms with Crippen molar-refractivity contribution in [2.24, 2.45) is 11.3 Å². The topological polar surface area (TPSA) is 50.8 Å². The van der Waals surface area contributed by atoms with Gasteiger partial charge in [0.2, 0.25) is 0 Å². The summed E-state index contributed by atoms with van der Waals surface area (Å²) in [5.74, 6) is 1.27. The molecule has 2 aromatic carbocycles. The second-order valence-electron chi connectivity index (χ2n) is 12.1. The summed E-state index contributed by atoms with van der Waals surface area (Å²) in [6.07, 6.45) is 2.85. The molecule has 1 aliphatic carbocycles. The maximum absolute atomic E-state index is 12.9. The Bertz CT molecular complexity index is 1120. The average Bonchev–Trinajstić information content (AvgIpc) is 3.02. The Morgan fingerprint density at radius 1 is 1.11 bits per heavy atom. The molecule has 2 aromatic rings. The van der Waals surface area contributed by atoms with E-state index in [2.05, 4.69) is 42.3 Å². The summed E-state index contributed by atoms with van der Waals surface area (Å²) in [5.41, 5.74) is 4.07. The average molecular weight is 497 g/mol. The molecule has 0 saturated carbocycles. The summed E-state index contributed by atoms with van der Waals surface area (Å²) in [4.78, 5) is 15.3. The molecule has 2 bridgehead atoms. The predicted molar refractivity (Wildman–Crippen MR) is 140 cm³/mol. The van der Waals surface area contributed by atoms with E-state index in [4.69, 9.17) is 21.1 Å². The fourth-order valence-electron chi connectivity index (χ4n) is 5.98. The van der Waals surface area contributed by atoms with Crippen LogP contribution in [-0.4, -0.2) is 42.3 Å². The lowest BCUT2D eigenvalue weighted by Gasteiger charge is -2.44. The molecular formula is C29H37ClN2O3. The summed E-state index contributed by atoms with van der Waals surface area (Å²) in [6, 6.07) is 12.2. The van der Waals surface area contributed by atoms with Crippen LogP contribution in [0.3, 0.4) is 0 Å². The molecule has 5 nitrogen and oxygen atoms in total. The van der Waals surface area contributed by atoms with E-state index >= 15 is 0 Å². The Kier molecular flexibility index (Phi) is 6.29. The van der Waals surface area contributed by atoms with Crippen molar-refractivity contribution in [3.05, 3.63) is 52.5 Å². The van der Waals surface area contributed by atoms with Gasteiger partial charge in [0.25, 0.3) is 0 Å². The minimum atomic E-state index is -0.295. The van der Waals surface area contributed by atoms with Gasteiger partial charge in [0.05, 0.1) is 11.1 Å². The number of fused-ring (bicyclic) bond motifs is 4. The van der Waals surface area contributed by atoms with Crippen LogP contribution in [0.1, 0.15) is 64.6 Å². The molecular weight excluding hydrogens is 460 g/mol. The van der Waals surface area contributed by atoms with Crippen LogP contribution in [0, 0.1) is 11.3 Å². The quantitative estimate of drug-likeness (QED) is 0.516. The van der Waals surface area contributed by atoms with Gasteiger partial charge in [-0.2, -0.15) is 0 Å². The third kappa shape index (κ3) is 5.17. The fourth-order valence-corrected chi connectivity index (χ4v) is 6.26. The molecule has 3 fully saturated rings. The number of carbonyl (C=O) groups excluding carboxylic acids is 1. The zero-order valence-electron chi connectivity index (χ0n) is 21.5. The molecule has 35 heavy (non-hydrogen) atoms. The van der Waals surface area contributed by atoms with Gasteiger partial charge >= 0.3 is 6.09 Å². The first kappa shape index (κ1) is 24.5. The van der Waals surface area contributed by atoms with E-state index in [0.29, 0.717) is 10.9 Å². The van der Waals surface area contributed by atoms with Crippen LogP contribution in [0.4, 0.5) is 4.79 Å². The van der Waals surface area contributed by atoms with Gasteiger partial charge in [-0.3, -0.25) is 4.90 Å². The number of carbonyl (C=O) groups is 1. The van der Waals surface area contributed by atoms with E-state index in [0.717, 1.165) is 61.3 Å². The van der Waals surface area contributed by atoms with Crippen LogP contribution in [-0.2, 0) is 11.2 Å². The molecule has 0 radical (unpaired) electrons. The molecule has 3 heterocycles. The Balaban J connectivity index is 1.32. The highest BCUT2D eigenvalue weighted by atomic mass is 35.5. The molecule has 6 rings (SSSR count). The number of alkyl carbamates (subject to hydrolysis) is 1. The third-order valence-electron chi connectivity index (χ3n) is 7.67. The van der Waals surface area contributed by atoms with Gasteiger partial charge < -0.3 is 14.8 Å². The highest BCUT2D eigenvalue weighted by Gasteiger charge is 2.42. The van der Waals surface area contributed by atoms with Crippen molar-refractivity contribution in [1.82, 2.24) is 10.2 Å². The molecule has 3 saturated heterocycles. The van der Waals surface area contributed by atoms with Crippen LogP contribution in [0.5, 0.6) is 5.75 Å². The molecule has 1 N–H and O–H groups in total. The van der Waals surface area contributed by atoms with Crippen molar-refractivity contribution in [2.45, 2.75) is 71.6 Å². The first-order valence-corrected chi connectivity index (χ1v) is 13.2. The highest BCUT2D eigenvalue weighted by molar-refractivity contribution is 6.33. The van der Waals surface area contributed by atoms with E-state index in [9.17, 15) is 4.79 Å². The van der Waals surface area contributed by atoms with Crippen molar-refractivity contribution in [3.8, 4) is 16.9 Å². The van der Waals surface area contributed by atoms with Gasteiger partial charge in [0, 0.05) is 12.1 Å². The zero-order chi connectivity index (χ0) is 25.0. The van der Waals surface area contributed by atoms with Crippen molar-refractivity contribution in [2.75, 3.05) is 19.6 Å². The summed E-state index contributed by atoms with van der Waals surface area (Å²) in [7, 11) is 0. The minimum absolute atomic E-state index is 0.0104. The number of amides is 1. The second-order valence-corrected chi connectivity index (χ2v) is 12.5. The first-order chi connectivity index (χ1) is 16.5. The summed E-state index contributed by atoms with van der Waals surface area (Å²) < 4.78 is 11.9. The number of hydrogen-bond acceptors (Lipinski definition) is 4. The van der Waals surface area contributed by atoms with Crippen molar-refractivity contribution in [3.63, 3.8) is 0 Å². The lowest BCUT2D eigenvalue weighted by Crippen LogP contribution is -2.53. The number of halogens is 1. The monoisotopic (exact) mass is 496 g/mol. The molecule has 0 unspecified atom stereocenters. The zero-order valence-corrected chi connectivity index (χ0v) is 22.2. The number of nitrogens with one attached hydrogen (secondary N) is 1. The largest absolute Gasteiger partial charge is 0.488 e. The Morgan fingerprint density at radius 2 is 1.86 bits per heavy atom. The maximum Gasteiger partial charge on any atom is 0.407 e.